The fourth-order valence-electron chi connectivity index (χ4n) is 4.50. The zero-order valence-corrected chi connectivity index (χ0v) is 22.7. The third-order valence-electron chi connectivity index (χ3n) is 6.66. The Balaban J connectivity index is 0.000000356. The Morgan fingerprint density at radius 3 is 1.25 bits per heavy atom. The highest BCUT2D eigenvalue weighted by molar-refractivity contribution is 7.85. The van der Waals surface area contributed by atoms with Gasteiger partial charge < -0.3 is 4.55 Å². The van der Waals surface area contributed by atoms with E-state index in [4.69, 9.17) is 0 Å². The first kappa shape index (κ1) is 28.6. The fourth-order valence-corrected chi connectivity index (χ4v) is 4.97. The average Bonchev–Trinajstić information content (AvgIpc) is 2.94. The molecular weight excluding hydrogens is 516 g/mol. The summed E-state index contributed by atoms with van der Waals surface area (Å²) in [5, 5.41) is 1.91. The van der Waals surface area contributed by atoms with Gasteiger partial charge in [-0.1, -0.05) is 96.9 Å². The first-order valence-corrected chi connectivity index (χ1v) is 13.9. The summed E-state index contributed by atoms with van der Waals surface area (Å²) in [6.07, 6.45) is 3.51. The van der Waals surface area contributed by atoms with E-state index in [-0.39, 0.29) is 12.3 Å². The molecule has 0 aliphatic heterocycles. The number of aryl methyl sites for hydroxylation is 3. The number of hydrogen-bond acceptors (Lipinski definition) is 5. The quantitative estimate of drug-likeness (QED) is 0.164. The van der Waals surface area contributed by atoms with Gasteiger partial charge in [0, 0.05) is 23.2 Å². The molecule has 0 saturated carbocycles. The smallest absolute Gasteiger partial charge is 0.124 e. The minimum absolute atomic E-state index is 0. The van der Waals surface area contributed by atoms with Gasteiger partial charge in [-0.3, -0.25) is 9.97 Å². The highest BCUT2D eigenvalue weighted by Crippen LogP contribution is 2.35. The maximum Gasteiger partial charge on any atom is 0.124 e. The Labute approximate surface area is 236 Å². The van der Waals surface area contributed by atoms with E-state index >= 15 is 0 Å². The minimum Gasteiger partial charge on any atom is -0.744 e. The van der Waals surface area contributed by atoms with Crippen LogP contribution in [0.2, 0.25) is 0 Å². The highest BCUT2D eigenvalue weighted by atomic mass is 32.2. The molecule has 4 aromatic carbocycles. The first-order valence-electron chi connectivity index (χ1n) is 12.5. The van der Waals surface area contributed by atoms with E-state index in [0.29, 0.717) is 0 Å². The van der Waals surface area contributed by atoms with Crippen LogP contribution in [-0.4, -0.2) is 22.9 Å². The van der Waals surface area contributed by atoms with Crippen molar-refractivity contribution >= 4 is 31.9 Å². The van der Waals surface area contributed by atoms with Crippen molar-refractivity contribution in [3.63, 3.8) is 0 Å². The van der Waals surface area contributed by atoms with Crippen molar-refractivity contribution in [2.45, 2.75) is 33.1 Å². The van der Waals surface area contributed by atoms with E-state index in [1.165, 1.54) is 28.8 Å². The molecule has 0 saturated heterocycles. The molecule has 6 heteroatoms. The molecule has 0 aliphatic carbocycles. The van der Waals surface area contributed by atoms with E-state index in [0.717, 1.165) is 44.1 Å². The highest BCUT2D eigenvalue weighted by Gasteiger charge is 2.12. The SMILES string of the molecule is C.Cc1ccc(-c2ccnc3c2ccc2c(-c4ccc(S(=O)(=O)[O-])cc4)ccnc23)cc1.Cc1ccc(C)cc1. The fraction of sp³-hybridized carbons (Fsp3) is 0.118. The van der Waals surface area contributed by atoms with Crippen molar-refractivity contribution in [3.8, 4) is 22.3 Å². The Bertz CT molecular complexity index is 1860. The van der Waals surface area contributed by atoms with Gasteiger partial charge in [0.05, 0.1) is 15.9 Å². The summed E-state index contributed by atoms with van der Waals surface area (Å²) in [5.41, 5.74) is 9.33. The molecule has 0 fully saturated rings. The van der Waals surface area contributed by atoms with Crippen LogP contribution in [0.25, 0.3) is 44.1 Å². The third kappa shape index (κ3) is 6.09. The number of aromatic nitrogens is 2. The van der Waals surface area contributed by atoms with Gasteiger partial charge in [0.15, 0.2) is 0 Å². The van der Waals surface area contributed by atoms with E-state index in [1.54, 1.807) is 24.5 Å². The summed E-state index contributed by atoms with van der Waals surface area (Å²) in [5.74, 6) is 0. The van der Waals surface area contributed by atoms with E-state index in [1.807, 2.05) is 24.3 Å². The Morgan fingerprint density at radius 1 is 0.525 bits per heavy atom. The Morgan fingerprint density at radius 2 is 0.875 bits per heavy atom. The molecule has 2 aromatic heterocycles. The van der Waals surface area contributed by atoms with Crippen molar-refractivity contribution in [1.82, 2.24) is 9.97 Å². The average molecular weight is 548 g/mol. The Kier molecular flexibility index (Phi) is 8.43. The van der Waals surface area contributed by atoms with Gasteiger partial charge in [0.25, 0.3) is 0 Å². The zero-order chi connectivity index (χ0) is 27.6. The molecule has 0 amide bonds. The van der Waals surface area contributed by atoms with E-state index < -0.39 is 10.1 Å². The second kappa shape index (κ2) is 11.8. The minimum atomic E-state index is -4.48. The van der Waals surface area contributed by atoms with Gasteiger partial charge in [-0.2, -0.15) is 0 Å². The summed E-state index contributed by atoms with van der Waals surface area (Å²) in [4.78, 5) is 8.96. The van der Waals surface area contributed by atoms with Crippen LogP contribution in [0.1, 0.15) is 24.1 Å². The molecule has 0 spiro atoms. The third-order valence-corrected chi connectivity index (χ3v) is 7.51. The summed E-state index contributed by atoms with van der Waals surface area (Å²) < 4.78 is 33.7. The number of fused-ring (bicyclic) bond motifs is 3. The summed E-state index contributed by atoms with van der Waals surface area (Å²) in [7, 11) is -4.48. The summed E-state index contributed by atoms with van der Waals surface area (Å²) in [6.45, 7) is 6.26. The number of benzene rings is 4. The van der Waals surface area contributed by atoms with E-state index in [2.05, 4.69) is 79.3 Å². The first-order chi connectivity index (χ1) is 18.7. The molecular formula is C34H31N2O3S-. The van der Waals surface area contributed by atoms with Gasteiger partial charge >= 0.3 is 0 Å². The van der Waals surface area contributed by atoms with Crippen LogP contribution >= 0.6 is 0 Å². The molecule has 202 valence electrons. The van der Waals surface area contributed by atoms with Crippen LogP contribution in [0.15, 0.2) is 114 Å². The van der Waals surface area contributed by atoms with Crippen molar-refractivity contribution in [3.05, 3.63) is 126 Å². The largest absolute Gasteiger partial charge is 0.744 e. The molecule has 0 aliphatic rings. The van der Waals surface area contributed by atoms with Crippen LogP contribution in [-0.2, 0) is 10.1 Å². The number of pyridine rings is 2. The molecule has 0 unspecified atom stereocenters. The van der Waals surface area contributed by atoms with Crippen LogP contribution in [0, 0.1) is 20.8 Å². The lowest BCUT2D eigenvalue weighted by Crippen LogP contribution is -1.97. The number of nitrogens with zero attached hydrogens (tertiary/aromatic N) is 2. The zero-order valence-electron chi connectivity index (χ0n) is 21.9. The molecule has 2 heterocycles. The molecule has 0 N–H and O–H groups in total. The summed E-state index contributed by atoms with van der Waals surface area (Å²) in [6, 6.07) is 30.7. The van der Waals surface area contributed by atoms with Gasteiger partial charge in [-0.15, -0.1) is 0 Å². The molecule has 0 bridgehead atoms. The molecule has 6 rings (SSSR count). The second-order valence-electron chi connectivity index (χ2n) is 9.57. The monoisotopic (exact) mass is 547 g/mol. The normalized spacial score (nSPS) is 11.0. The molecule has 0 atom stereocenters. The van der Waals surface area contributed by atoms with Crippen molar-refractivity contribution in [2.75, 3.05) is 0 Å². The maximum atomic E-state index is 11.2. The number of rotatable bonds is 3. The second-order valence-corrected chi connectivity index (χ2v) is 11.0. The maximum absolute atomic E-state index is 11.2. The molecule has 40 heavy (non-hydrogen) atoms. The van der Waals surface area contributed by atoms with Crippen LogP contribution in [0.5, 0.6) is 0 Å². The Hall–Kier alpha value is -4.39. The summed E-state index contributed by atoms with van der Waals surface area (Å²) >= 11 is 0. The van der Waals surface area contributed by atoms with Gasteiger partial charge in [-0.25, -0.2) is 8.42 Å². The van der Waals surface area contributed by atoms with Gasteiger partial charge in [-0.05, 0) is 67.3 Å². The molecule has 5 nitrogen and oxygen atoms in total. The van der Waals surface area contributed by atoms with Gasteiger partial charge in [0.1, 0.15) is 10.1 Å². The van der Waals surface area contributed by atoms with Crippen LogP contribution < -0.4 is 0 Å². The van der Waals surface area contributed by atoms with Gasteiger partial charge in [0.2, 0.25) is 0 Å². The van der Waals surface area contributed by atoms with Crippen molar-refractivity contribution < 1.29 is 13.0 Å². The lowest BCUT2D eigenvalue weighted by Gasteiger charge is -2.12. The van der Waals surface area contributed by atoms with E-state index in [9.17, 15) is 13.0 Å². The van der Waals surface area contributed by atoms with Crippen molar-refractivity contribution in [2.24, 2.45) is 0 Å². The predicted molar refractivity (Wildman–Crippen MR) is 163 cm³/mol. The topological polar surface area (TPSA) is 83.0 Å². The molecule has 6 aromatic rings. The lowest BCUT2D eigenvalue weighted by molar-refractivity contribution is 0.463. The lowest BCUT2D eigenvalue weighted by atomic mass is 9.96. The van der Waals surface area contributed by atoms with Crippen LogP contribution in [0.3, 0.4) is 0 Å². The van der Waals surface area contributed by atoms with Crippen LogP contribution in [0.4, 0.5) is 0 Å². The predicted octanol–water partition coefficient (Wildman–Crippen LogP) is 8.27. The molecule has 0 radical (unpaired) electrons. The standard InChI is InChI=1S/C25H18N2O3S.C8H10.CH4/c1-16-2-4-17(5-3-16)20-12-14-26-24-22(20)10-11-23-21(13-15-27-25(23)24)18-6-8-19(9-7-18)31(28,29)30;1-7-3-5-8(2)6-4-7;/h2-15H,1H3,(H,28,29,30);3-6H,1-2H3;1H4/p-1. The number of hydrogen-bond donors (Lipinski definition) is 0. The van der Waals surface area contributed by atoms with Crippen molar-refractivity contribution in [1.29, 1.82) is 0 Å².